The van der Waals surface area contributed by atoms with E-state index >= 15 is 0 Å². The van der Waals surface area contributed by atoms with Crippen LogP contribution in [0.1, 0.15) is 53.5 Å². The van der Waals surface area contributed by atoms with Gasteiger partial charge in [-0.05, 0) is 25.8 Å². The van der Waals surface area contributed by atoms with Crippen LogP contribution in [0.2, 0.25) is 0 Å². The predicted molar refractivity (Wildman–Crippen MR) is 71.2 cm³/mol. The van der Waals surface area contributed by atoms with E-state index in [-0.39, 0.29) is 24.3 Å². The number of carbonyl (C=O) groups excluding carboxylic acids is 2. The quantitative estimate of drug-likeness (QED) is 0.814. The molecule has 0 aliphatic carbocycles. The number of aliphatic hydroxyl groups is 1. The fraction of sp³-hybridized carbons (Fsp3) is 0.571. The van der Waals surface area contributed by atoms with Crippen molar-refractivity contribution in [2.75, 3.05) is 13.2 Å². The molecule has 5 nitrogen and oxygen atoms in total. The molecule has 1 aliphatic rings. The summed E-state index contributed by atoms with van der Waals surface area (Å²) in [5, 5.41) is 9.42. The third kappa shape index (κ3) is 3.04. The SMILES string of the molecule is CC(=O)c1c[nH]c(C(=O)N2CCCCCC2CO)c1. The topological polar surface area (TPSA) is 73.4 Å². The van der Waals surface area contributed by atoms with Crippen molar-refractivity contribution >= 4 is 11.7 Å². The lowest BCUT2D eigenvalue weighted by Crippen LogP contribution is -2.42. The van der Waals surface area contributed by atoms with E-state index in [0.29, 0.717) is 17.8 Å². The number of carbonyl (C=O) groups is 2. The lowest BCUT2D eigenvalue weighted by atomic mass is 10.1. The lowest BCUT2D eigenvalue weighted by molar-refractivity contribution is 0.0594. The normalized spacial score (nSPS) is 20.1. The summed E-state index contributed by atoms with van der Waals surface area (Å²) in [6.07, 6.45) is 5.48. The van der Waals surface area contributed by atoms with Crippen LogP contribution in [0.25, 0.3) is 0 Å². The molecule has 1 amide bonds. The number of Topliss-reactive ketones (excluding diaryl/α,β-unsaturated/α-hetero) is 1. The molecule has 1 aliphatic heterocycles. The maximum atomic E-state index is 12.4. The Morgan fingerprint density at radius 3 is 2.84 bits per heavy atom. The molecule has 0 saturated carbocycles. The molecule has 1 saturated heterocycles. The van der Waals surface area contributed by atoms with Gasteiger partial charge in [0.05, 0.1) is 12.6 Å². The Morgan fingerprint density at radius 2 is 2.21 bits per heavy atom. The minimum atomic E-state index is -0.131. The van der Waals surface area contributed by atoms with Crippen molar-refractivity contribution in [1.29, 1.82) is 0 Å². The molecule has 2 rings (SSSR count). The van der Waals surface area contributed by atoms with Crippen LogP contribution in [0.4, 0.5) is 0 Å². The number of amides is 1. The highest BCUT2D eigenvalue weighted by atomic mass is 16.3. The van der Waals surface area contributed by atoms with Gasteiger partial charge in [0.1, 0.15) is 5.69 Å². The summed E-state index contributed by atoms with van der Waals surface area (Å²) < 4.78 is 0. The highest BCUT2D eigenvalue weighted by Gasteiger charge is 2.26. The molecule has 1 atom stereocenters. The van der Waals surface area contributed by atoms with Gasteiger partial charge in [0.15, 0.2) is 5.78 Å². The second-order valence-corrected chi connectivity index (χ2v) is 5.04. The molecular weight excluding hydrogens is 244 g/mol. The lowest BCUT2D eigenvalue weighted by Gasteiger charge is -2.28. The van der Waals surface area contributed by atoms with Gasteiger partial charge in [-0.1, -0.05) is 12.8 Å². The Hall–Kier alpha value is -1.62. The van der Waals surface area contributed by atoms with Crippen LogP contribution in [-0.2, 0) is 0 Å². The number of nitrogens with one attached hydrogen (secondary N) is 1. The number of aromatic amines is 1. The van der Waals surface area contributed by atoms with Gasteiger partial charge in [0.25, 0.3) is 5.91 Å². The second-order valence-electron chi connectivity index (χ2n) is 5.04. The smallest absolute Gasteiger partial charge is 0.270 e. The maximum absolute atomic E-state index is 12.4. The van der Waals surface area contributed by atoms with Crippen LogP contribution >= 0.6 is 0 Å². The first kappa shape index (κ1) is 13.8. The highest BCUT2D eigenvalue weighted by molar-refractivity contribution is 5.99. The van der Waals surface area contributed by atoms with Gasteiger partial charge in [-0.25, -0.2) is 0 Å². The minimum Gasteiger partial charge on any atom is -0.394 e. The maximum Gasteiger partial charge on any atom is 0.270 e. The monoisotopic (exact) mass is 264 g/mol. The number of nitrogens with zero attached hydrogens (tertiary/aromatic N) is 1. The Labute approximate surface area is 112 Å². The van der Waals surface area contributed by atoms with E-state index < -0.39 is 0 Å². The summed E-state index contributed by atoms with van der Waals surface area (Å²) in [7, 11) is 0. The molecule has 0 spiro atoms. The largest absolute Gasteiger partial charge is 0.394 e. The number of aliphatic hydroxyl groups excluding tert-OH is 1. The van der Waals surface area contributed by atoms with E-state index in [1.165, 1.54) is 6.92 Å². The van der Waals surface area contributed by atoms with Gasteiger partial charge < -0.3 is 15.0 Å². The van der Waals surface area contributed by atoms with Gasteiger partial charge in [0.2, 0.25) is 0 Å². The molecule has 1 unspecified atom stereocenters. The van der Waals surface area contributed by atoms with Crippen molar-refractivity contribution in [2.45, 2.75) is 38.6 Å². The van der Waals surface area contributed by atoms with Gasteiger partial charge in [0, 0.05) is 18.3 Å². The fourth-order valence-electron chi connectivity index (χ4n) is 2.51. The highest BCUT2D eigenvalue weighted by Crippen LogP contribution is 2.19. The summed E-state index contributed by atoms with van der Waals surface area (Å²) in [4.78, 5) is 28.3. The summed E-state index contributed by atoms with van der Waals surface area (Å²) in [6.45, 7) is 2.13. The van der Waals surface area contributed by atoms with Crippen molar-refractivity contribution in [3.8, 4) is 0 Å². The minimum absolute atomic E-state index is 0.00792. The Bertz CT molecular complexity index is 467. The molecule has 2 heterocycles. The summed E-state index contributed by atoms with van der Waals surface area (Å²) >= 11 is 0. The zero-order valence-electron chi connectivity index (χ0n) is 11.2. The Balaban J connectivity index is 2.17. The van der Waals surface area contributed by atoms with Gasteiger partial charge >= 0.3 is 0 Å². The molecule has 5 heteroatoms. The number of ketones is 1. The number of hydrogen-bond acceptors (Lipinski definition) is 3. The Kier molecular flexibility index (Phi) is 4.37. The average Bonchev–Trinajstić information content (AvgIpc) is 2.77. The average molecular weight is 264 g/mol. The zero-order valence-corrected chi connectivity index (χ0v) is 11.2. The van der Waals surface area contributed by atoms with Gasteiger partial charge in [-0.3, -0.25) is 9.59 Å². The van der Waals surface area contributed by atoms with Crippen molar-refractivity contribution in [1.82, 2.24) is 9.88 Å². The first-order valence-corrected chi connectivity index (χ1v) is 6.74. The third-order valence-corrected chi connectivity index (χ3v) is 3.67. The van der Waals surface area contributed by atoms with Crippen molar-refractivity contribution < 1.29 is 14.7 Å². The third-order valence-electron chi connectivity index (χ3n) is 3.67. The zero-order chi connectivity index (χ0) is 13.8. The van der Waals surface area contributed by atoms with E-state index in [9.17, 15) is 14.7 Å². The van der Waals surface area contributed by atoms with Gasteiger partial charge in [-0.15, -0.1) is 0 Å². The number of rotatable bonds is 3. The van der Waals surface area contributed by atoms with E-state index in [0.717, 1.165) is 25.7 Å². The van der Waals surface area contributed by atoms with Crippen LogP contribution in [0.15, 0.2) is 12.3 Å². The van der Waals surface area contributed by atoms with Crippen molar-refractivity contribution in [3.63, 3.8) is 0 Å². The predicted octanol–water partition coefficient (Wildman–Crippen LogP) is 1.59. The number of hydrogen-bond donors (Lipinski definition) is 2. The summed E-state index contributed by atoms with van der Waals surface area (Å²) in [6, 6.07) is 1.48. The standard InChI is InChI=1S/C14H20N2O3/c1-10(18)11-7-13(15-8-11)14(19)16-6-4-2-3-5-12(16)9-17/h7-8,12,15,17H,2-6,9H2,1H3. The summed E-state index contributed by atoms with van der Waals surface area (Å²) in [5.41, 5.74) is 0.935. The van der Waals surface area contributed by atoms with E-state index in [2.05, 4.69) is 4.98 Å². The fourth-order valence-corrected chi connectivity index (χ4v) is 2.51. The molecule has 104 valence electrons. The molecule has 1 aromatic heterocycles. The first-order chi connectivity index (χ1) is 9.13. The van der Waals surface area contributed by atoms with E-state index in [1.807, 2.05) is 0 Å². The van der Waals surface area contributed by atoms with Gasteiger partial charge in [-0.2, -0.15) is 0 Å². The first-order valence-electron chi connectivity index (χ1n) is 6.74. The second kappa shape index (κ2) is 6.02. The number of likely N-dealkylation sites (tertiary alicyclic amines) is 1. The van der Waals surface area contributed by atoms with E-state index in [1.54, 1.807) is 17.2 Å². The molecule has 1 aromatic rings. The van der Waals surface area contributed by atoms with Crippen LogP contribution < -0.4 is 0 Å². The van der Waals surface area contributed by atoms with E-state index in [4.69, 9.17) is 0 Å². The Morgan fingerprint density at radius 1 is 1.42 bits per heavy atom. The molecule has 1 fully saturated rings. The van der Waals surface area contributed by atoms with Crippen LogP contribution in [-0.4, -0.2) is 45.9 Å². The number of H-pyrrole nitrogens is 1. The molecule has 0 radical (unpaired) electrons. The molecule has 19 heavy (non-hydrogen) atoms. The van der Waals surface area contributed by atoms with Crippen LogP contribution in [0, 0.1) is 0 Å². The molecule has 0 bridgehead atoms. The van der Waals surface area contributed by atoms with Crippen LogP contribution in [0.5, 0.6) is 0 Å². The summed E-state index contributed by atoms with van der Waals surface area (Å²) in [5.74, 6) is -0.196. The molecule has 2 N–H and O–H groups in total. The van der Waals surface area contributed by atoms with Crippen LogP contribution in [0.3, 0.4) is 0 Å². The molecular formula is C14H20N2O3. The van der Waals surface area contributed by atoms with Crippen molar-refractivity contribution in [3.05, 3.63) is 23.5 Å². The van der Waals surface area contributed by atoms with Crippen molar-refractivity contribution in [2.24, 2.45) is 0 Å². The number of aromatic nitrogens is 1. The molecule has 0 aromatic carbocycles.